The van der Waals surface area contributed by atoms with Crippen LogP contribution in [0.1, 0.15) is 412 Å². The van der Waals surface area contributed by atoms with E-state index < -0.39 is 12.1 Å². The molecule has 3 N–H and O–H groups in total. The minimum absolute atomic E-state index is 0.0119. The van der Waals surface area contributed by atoms with Crippen LogP contribution in [0.5, 0.6) is 0 Å². The lowest BCUT2D eigenvalue weighted by Gasteiger charge is -2.20. The van der Waals surface area contributed by atoms with E-state index in [-0.39, 0.29) is 18.5 Å². The molecule has 484 valence electrons. The van der Waals surface area contributed by atoms with E-state index in [0.717, 1.165) is 51.4 Å². The van der Waals surface area contributed by atoms with Gasteiger partial charge in [-0.25, -0.2) is 0 Å². The average molecular weight is 1150 g/mol. The zero-order valence-corrected chi connectivity index (χ0v) is 55.5. The number of allylic oxidation sites excluding steroid dienone is 5. The smallest absolute Gasteiger partial charge is 0.305 e. The molecule has 0 spiro atoms. The molecule has 0 bridgehead atoms. The van der Waals surface area contributed by atoms with Crippen LogP contribution in [0.2, 0.25) is 0 Å². The Morgan fingerprint density at radius 3 is 0.951 bits per heavy atom. The Kier molecular flexibility index (Phi) is 69.9. The maximum atomic E-state index is 12.5. The van der Waals surface area contributed by atoms with Crippen LogP contribution < -0.4 is 5.32 Å². The first kappa shape index (κ1) is 80.1. The summed E-state index contributed by atoms with van der Waals surface area (Å²) in [6.07, 6.45) is 92.4. The summed E-state index contributed by atoms with van der Waals surface area (Å²) < 4.78 is 5.50. The van der Waals surface area contributed by atoms with E-state index in [1.54, 1.807) is 6.08 Å². The molecule has 0 rings (SSSR count). The lowest BCUT2D eigenvalue weighted by Crippen LogP contribution is -2.45. The van der Waals surface area contributed by atoms with Crippen molar-refractivity contribution in [3.05, 3.63) is 36.5 Å². The number of aliphatic hydroxyl groups excluding tert-OH is 2. The van der Waals surface area contributed by atoms with Crippen molar-refractivity contribution in [1.82, 2.24) is 5.32 Å². The van der Waals surface area contributed by atoms with Crippen molar-refractivity contribution < 1.29 is 24.5 Å². The summed E-state index contributed by atoms with van der Waals surface area (Å²) >= 11 is 0. The summed E-state index contributed by atoms with van der Waals surface area (Å²) in [6, 6.07) is -0.626. The third-order valence-corrected chi connectivity index (χ3v) is 17.4. The van der Waals surface area contributed by atoms with E-state index in [4.69, 9.17) is 4.74 Å². The Morgan fingerprint density at radius 2 is 0.610 bits per heavy atom. The van der Waals surface area contributed by atoms with Crippen LogP contribution in [0.15, 0.2) is 36.5 Å². The topological polar surface area (TPSA) is 95.9 Å². The molecule has 0 aliphatic carbocycles. The van der Waals surface area contributed by atoms with Crippen molar-refractivity contribution >= 4 is 11.9 Å². The van der Waals surface area contributed by atoms with E-state index >= 15 is 0 Å². The Balaban J connectivity index is 3.36. The minimum Gasteiger partial charge on any atom is -0.466 e. The molecule has 0 aliphatic heterocycles. The maximum absolute atomic E-state index is 12.5. The standard InChI is InChI=1S/C76H145NO5/c1-3-5-7-9-11-13-15-17-19-21-33-37-40-44-48-52-56-60-64-68-74(79)73(72-78)77-75(80)69-65-61-57-53-49-45-41-38-34-31-29-27-25-23-22-24-26-28-30-32-35-39-43-47-51-55-59-63-67-71-82-76(81)70-66-62-58-54-50-46-42-36-20-18-16-14-12-10-8-6-4-2/h12,14,18,20,64,68,73-74,78-79H,3-11,13,15-17,19,21-63,65-67,69-72H2,1-2H3,(H,77,80)/b14-12-,20-18-,68-64+. The normalized spacial score (nSPS) is 12.7. The average Bonchev–Trinajstić information content (AvgIpc) is 3.48. The third kappa shape index (κ3) is 67.2. The van der Waals surface area contributed by atoms with Crippen molar-refractivity contribution in [3.8, 4) is 0 Å². The van der Waals surface area contributed by atoms with Crippen molar-refractivity contribution in [2.24, 2.45) is 0 Å². The van der Waals surface area contributed by atoms with Gasteiger partial charge >= 0.3 is 5.97 Å². The molecule has 0 radical (unpaired) electrons. The van der Waals surface area contributed by atoms with Gasteiger partial charge in [0.25, 0.3) is 0 Å². The summed E-state index contributed by atoms with van der Waals surface area (Å²) in [7, 11) is 0. The van der Waals surface area contributed by atoms with Crippen molar-refractivity contribution in [2.75, 3.05) is 13.2 Å². The molecule has 0 aromatic carbocycles. The van der Waals surface area contributed by atoms with Crippen LogP contribution in [0.4, 0.5) is 0 Å². The van der Waals surface area contributed by atoms with Gasteiger partial charge in [0.15, 0.2) is 0 Å². The summed E-state index contributed by atoms with van der Waals surface area (Å²) in [4.78, 5) is 24.6. The molecule has 6 heteroatoms. The van der Waals surface area contributed by atoms with Gasteiger partial charge in [-0.15, -0.1) is 0 Å². The first-order valence-corrected chi connectivity index (χ1v) is 37.3. The molecule has 2 atom stereocenters. The first-order chi connectivity index (χ1) is 40.5. The number of carbonyl (C=O) groups excluding carboxylic acids is 2. The summed E-state index contributed by atoms with van der Waals surface area (Å²) in [5.41, 5.74) is 0. The lowest BCUT2D eigenvalue weighted by molar-refractivity contribution is -0.143. The number of aliphatic hydroxyl groups is 2. The Morgan fingerprint density at radius 1 is 0.341 bits per heavy atom. The predicted molar refractivity (Wildman–Crippen MR) is 361 cm³/mol. The van der Waals surface area contributed by atoms with Gasteiger partial charge in [0.1, 0.15) is 0 Å². The van der Waals surface area contributed by atoms with E-state index in [9.17, 15) is 19.8 Å². The van der Waals surface area contributed by atoms with Crippen LogP contribution >= 0.6 is 0 Å². The fraction of sp³-hybridized carbons (Fsp3) is 0.895. The molecular weight excluding hydrogens is 1010 g/mol. The number of amides is 1. The van der Waals surface area contributed by atoms with Crippen LogP contribution in [-0.4, -0.2) is 47.4 Å². The van der Waals surface area contributed by atoms with Crippen molar-refractivity contribution in [3.63, 3.8) is 0 Å². The SMILES string of the molecule is CCCCC/C=C\C/C=C\CCCCCCCCCC(=O)OCCCCCCCCCCCCCCCCCCCCCCCCCCCCCCCC(=O)NC(CO)C(O)/C=C/CCCCCCCCCCCCCCCCCCC. The van der Waals surface area contributed by atoms with Crippen LogP contribution in [0.25, 0.3) is 0 Å². The second kappa shape index (κ2) is 71.6. The maximum Gasteiger partial charge on any atom is 0.305 e. The predicted octanol–water partition coefficient (Wildman–Crippen LogP) is 24.3. The van der Waals surface area contributed by atoms with Crippen LogP contribution in [0.3, 0.4) is 0 Å². The largest absolute Gasteiger partial charge is 0.466 e. The van der Waals surface area contributed by atoms with Gasteiger partial charge in [0, 0.05) is 12.8 Å². The summed E-state index contributed by atoms with van der Waals surface area (Å²) in [5.74, 6) is -0.0489. The first-order valence-electron chi connectivity index (χ1n) is 37.3. The van der Waals surface area contributed by atoms with Gasteiger partial charge in [-0.2, -0.15) is 0 Å². The fourth-order valence-corrected chi connectivity index (χ4v) is 11.7. The van der Waals surface area contributed by atoms with Gasteiger partial charge in [0.2, 0.25) is 5.91 Å². The molecule has 0 aromatic heterocycles. The number of unbranched alkanes of at least 4 members (excludes halogenated alkanes) is 55. The number of rotatable bonds is 70. The zero-order valence-electron chi connectivity index (χ0n) is 55.5. The number of carbonyl (C=O) groups is 2. The van der Waals surface area contributed by atoms with E-state index in [2.05, 4.69) is 43.5 Å². The molecule has 2 unspecified atom stereocenters. The molecule has 82 heavy (non-hydrogen) atoms. The monoisotopic (exact) mass is 1150 g/mol. The van der Waals surface area contributed by atoms with Crippen LogP contribution in [-0.2, 0) is 14.3 Å². The Bertz CT molecular complexity index is 1330. The molecule has 0 saturated heterocycles. The Hall–Kier alpha value is -1.92. The molecule has 6 nitrogen and oxygen atoms in total. The lowest BCUT2D eigenvalue weighted by atomic mass is 10.0. The number of esters is 1. The molecular formula is C76H145NO5. The minimum atomic E-state index is -0.843. The number of nitrogens with one attached hydrogen (secondary N) is 1. The molecule has 0 aliphatic rings. The van der Waals surface area contributed by atoms with Crippen LogP contribution in [0, 0.1) is 0 Å². The highest BCUT2D eigenvalue weighted by Gasteiger charge is 2.18. The second-order valence-corrected chi connectivity index (χ2v) is 25.6. The molecule has 1 amide bonds. The van der Waals surface area contributed by atoms with Crippen molar-refractivity contribution in [2.45, 2.75) is 424 Å². The number of hydrogen-bond acceptors (Lipinski definition) is 5. The molecule has 0 saturated carbocycles. The van der Waals surface area contributed by atoms with E-state index in [1.165, 1.54) is 334 Å². The summed E-state index contributed by atoms with van der Waals surface area (Å²) in [6.45, 7) is 4.92. The van der Waals surface area contributed by atoms with E-state index in [1.807, 2.05) is 6.08 Å². The van der Waals surface area contributed by atoms with Gasteiger partial charge < -0.3 is 20.3 Å². The van der Waals surface area contributed by atoms with E-state index in [0.29, 0.717) is 19.4 Å². The highest BCUT2D eigenvalue weighted by Crippen LogP contribution is 2.19. The highest BCUT2D eigenvalue weighted by molar-refractivity contribution is 5.76. The zero-order chi connectivity index (χ0) is 59.2. The van der Waals surface area contributed by atoms with Gasteiger partial charge in [0.05, 0.1) is 25.4 Å². The van der Waals surface area contributed by atoms with Crippen molar-refractivity contribution in [1.29, 1.82) is 0 Å². The number of hydrogen-bond donors (Lipinski definition) is 3. The third-order valence-electron chi connectivity index (χ3n) is 17.4. The number of ether oxygens (including phenoxy) is 1. The molecule has 0 heterocycles. The molecule has 0 aromatic rings. The summed E-state index contributed by atoms with van der Waals surface area (Å²) in [5, 5.41) is 23.2. The Labute approximate surface area is 513 Å². The second-order valence-electron chi connectivity index (χ2n) is 25.6. The quantitative estimate of drug-likeness (QED) is 0.0320. The van der Waals surface area contributed by atoms with Gasteiger partial charge in [-0.05, 0) is 64.2 Å². The van der Waals surface area contributed by atoms with Gasteiger partial charge in [-0.1, -0.05) is 371 Å². The fourth-order valence-electron chi connectivity index (χ4n) is 11.7. The van der Waals surface area contributed by atoms with Gasteiger partial charge in [-0.3, -0.25) is 9.59 Å². The highest BCUT2D eigenvalue weighted by atomic mass is 16.5. The molecule has 0 fully saturated rings.